The van der Waals surface area contributed by atoms with Crippen LogP contribution < -0.4 is 10.1 Å². The number of hydrogen-bond donors (Lipinski definition) is 1. The van der Waals surface area contributed by atoms with E-state index in [0.29, 0.717) is 15.8 Å². The average molecular weight is 338 g/mol. The Bertz CT molecular complexity index is 691. The number of benzene rings is 2. The monoisotopic (exact) mass is 337 g/mol. The smallest absolute Gasteiger partial charge is 0.262 e. The van der Waals surface area contributed by atoms with Crippen LogP contribution >= 0.6 is 23.2 Å². The molecule has 1 N–H and O–H groups in total. The molecule has 0 unspecified atom stereocenters. The minimum Gasteiger partial charge on any atom is -0.482 e. The predicted molar refractivity (Wildman–Crippen MR) is 91.2 cm³/mol. The molecule has 0 heterocycles. The molecule has 116 valence electrons. The van der Waals surface area contributed by atoms with Gasteiger partial charge < -0.3 is 10.1 Å². The summed E-state index contributed by atoms with van der Waals surface area (Å²) in [5.74, 6) is 0.194. The first kappa shape index (κ1) is 16.7. The molecule has 0 saturated heterocycles. The first-order valence-corrected chi connectivity index (χ1v) is 7.58. The van der Waals surface area contributed by atoms with Gasteiger partial charge in [-0.1, -0.05) is 40.9 Å². The molecule has 2 rings (SSSR count). The minimum atomic E-state index is -0.235. The second-order valence-corrected chi connectivity index (χ2v) is 6.03. The van der Waals surface area contributed by atoms with Crippen LogP contribution in [0.3, 0.4) is 0 Å². The lowest BCUT2D eigenvalue weighted by molar-refractivity contribution is -0.118. The van der Waals surface area contributed by atoms with Crippen molar-refractivity contribution in [2.45, 2.75) is 20.8 Å². The molecule has 22 heavy (non-hydrogen) atoms. The molecule has 0 aliphatic heterocycles. The molecule has 0 bridgehead atoms. The molecule has 2 aromatic rings. The predicted octanol–water partition coefficient (Wildman–Crippen LogP) is 4.94. The minimum absolute atomic E-state index is 0.117. The highest BCUT2D eigenvalue weighted by Crippen LogP contribution is 2.27. The Morgan fingerprint density at radius 2 is 1.73 bits per heavy atom. The van der Waals surface area contributed by atoms with E-state index in [1.54, 1.807) is 18.2 Å². The second-order valence-electron chi connectivity index (χ2n) is 5.19. The summed E-state index contributed by atoms with van der Waals surface area (Å²) in [6, 6.07) is 8.93. The van der Waals surface area contributed by atoms with Crippen molar-refractivity contribution in [3.8, 4) is 5.75 Å². The Hall–Kier alpha value is -1.71. The van der Waals surface area contributed by atoms with E-state index in [4.69, 9.17) is 27.9 Å². The van der Waals surface area contributed by atoms with Crippen LogP contribution in [0.2, 0.25) is 10.0 Å². The van der Waals surface area contributed by atoms with Crippen molar-refractivity contribution in [2.75, 3.05) is 11.9 Å². The third kappa shape index (κ3) is 4.15. The molecule has 5 heteroatoms. The summed E-state index contributed by atoms with van der Waals surface area (Å²) in [4.78, 5) is 12.0. The fraction of sp³-hybridized carbons (Fsp3) is 0.235. The summed E-state index contributed by atoms with van der Waals surface area (Å²) in [5, 5.41) is 3.77. The Balaban J connectivity index is 2.02. The van der Waals surface area contributed by atoms with Crippen molar-refractivity contribution in [3.63, 3.8) is 0 Å². The van der Waals surface area contributed by atoms with E-state index < -0.39 is 0 Å². The van der Waals surface area contributed by atoms with Crippen LogP contribution in [0, 0.1) is 20.8 Å². The molecule has 0 radical (unpaired) electrons. The zero-order valence-corrected chi connectivity index (χ0v) is 14.2. The van der Waals surface area contributed by atoms with Gasteiger partial charge in [-0.15, -0.1) is 0 Å². The number of ether oxygens (including phenoxy) is 1. The Labute approximate surface area is 140 Å². The van der Waals surface area contributed by atoms with E-state index in [2.05, 4.69) is 5.32 Å². The first-order chi connectivity index (χ1) is 10.4. The van der Waals surface area contributed by atoms with Gasteiger partial charge in [0.15, 0.2) is 6.61 Å². The molecule has 0 aromatic heterocycles. The SMILES string of the molecule is Cc1cc(C)c(NC(=O)COc2ccc(Cl)cc2Cl)c(C)c1. The zero-order chi connectivity index (χ0) is 16.3. The lowest BCUT2D eigenvalue weighted by atomic mass is 10.1. The standard InChI is InChI=1S/C17H17Cl2NO2/c1-10-6-11(2)17(12(3)7-10)20-16(21)9-22-15-5-4-13(18)8-14(15)19/h4-8H,9H2,1-3H3,(H,20,21). The molecule has 2 aromatic carbocycles. The maximum Gasteiger partial charge on any atom is 0.262 e. The average Bonchev–Trinajstić information content (AvgIpc) is 2.42. The first-order valence-electron chi connectivity index (χ1n) is 6.82. The summed E-state index contributed by atoms with van der Waals surface area (Å²) < 4.78 is 5.43. The number of carbonyl (C=O) groups excluding carboxylic acids is 1. The fourth-order valence-corrected chi connectivity index (χ4v) is 2.75. The number of carbonyl (C=O) groups is 1. The summed E-state index contributed by atoms with van der Waals surface area (Å²) in [5.41, 5.74) is 4.03. The highest BCUT2D eigenvalue weighted by molar-refractivity contribution is 6.35. The van der Waals surface area contributed by atoms with Gasteiger partial charge in [0, 0.05) is 10.7 Å². The van der Waals surface area contributed by atoms with Crippen LogP contribution in [0.1, 0.15) is 16.7 Å². The van der Waals surface area contributed by atoms with Gasteiger partial charge in [-0.25, -0.2) is 0 Å². The van der Waals surface area contributed by atoms with Gasteiger partial charge in [0.2, 0.25) is 0 Å². The van der Waals surface area contributed by atoms with E-state index in [9.17, 15) is 4.79 Å². The van der Waals surface area contributed by atoms with Crippen molar-refractivity contribution in [1.29, 1.82) is 0 Å². The van der Waals surface area contributed by atoms with E-state index >= 15 is 0 Å². The van der Waals surface area contributed by atoms with Crippen LogP contribution in [-0.4, -0.2) is 12.5 Å². The van der Waals surface area contributed by atoms with Crippen LogP contribution in [0.4, 0.5) is 5.69 Å². The quantitative estimate of drug-likeness (QED) is 0.858. The van der Waals surface area contributed by atoms with E-state index in [1.807, 2.05) is 32.9 Å². The zero-order valence-electron chi connectivity index (χ0n) is 12.7. The number of halogens is 2. The molecule has 0 aliphatic carbocycles. The van der Waals surface area contributed by atoms with E-state index in [0.717, 1.165) is 22.4 Å². The molecule has 0 aliphatic rings. The number of amides is 1. The summed E-state index contributed by atoms with van der Waals surface area (Å²) in [6.07, 6.45) is 0. The highest BCUT2D eigenvalue weighted by atomic mass is 35.5. The second kappa shape index (κ2) is 7.03. The van der Waals surface area contributed by atoms with Crippen LogP contribution in [0.15, 0.2) is 30.3 Å². The molecular weight excluding hydrogens is 321 g/mol. The molecular formula is C17H17Cl2NO2. The van der Waals surface area contributed by atoms with Gasteiger partial charge in [0.1, 0.15) is 5.75 Å². The van der Waals surface area contributed by atoms with Gasteiger partial charge in [0.25, 0.3) is 5.91 Å². The van der Waals surface area contributed by atoms with Crippen LogP contribution in [0.5, 0.6) is 5.75 Å². The largest absolute Gasteiger partial charge is 0.482 e. The van der Waals surface area contributed by atoms with Gasteiger partial charge >= 0.3 is 0 Å². The molecule has 0 atom stereocenters. The normalized spacial score (nSPS) is 10.4. The lowest BCUT2D eigenvalue weighted by Gasteiger charge is -2.13. The number of nitrogens with one attached hydrogen (secondary N) is 1. The summed E-state index contributed by atoms with van der Waals surface area (Å²) in [7, 11) is 0. The number of rotatable bonds is 4. The number of anilines is 1. The fourth-order valence-electron chi connectivity index (χ4n) is 2.29. The van der Waals surface area contributed by atoms with Crippen molar-refractivity contribution in [2.24, 2.45) is 0 Å². The number of hydrogen-bond acceptors (Lipinski definition) is 2. The van der Waals surface area contributed by atoms with Crippen LogP contribution in [-0.2, 0) is 4.79 Å². The molecule has 0 saturated carbocycles. The van der Waals surface area contributed by atoms with Gasteiger partial charge in [0.05, 0.1) is 5.02 Å². The molecule has 0 spiro atoms. The summed E-state index contributed by atoms with van der Waals surface area (Å²) >= 11 is 11.8. The summed E-state index contributed by atoms with van der Waals surface area (Å²) in [6.45, 7) is 5.84. The van der Waals surface area contributed by atoms with Crippen molar-refractivity contribution in [3.05, 3.63) is 57.1 Å². The molecule has 3 nitrogen and oxygen atoms in total. The number of aryl methyl sites for hydroxylation is 3. The third-order valence-corrected chi connectivity index (χ3v) is 3.72. The van der Waals surface area contributed by atoms with Gasteiger partial charge in [-0.05, 0) is 50.1 Å². The van der Waals surface area contributed by atoms with E-state index in [-0.39, 0.29) is 12.5 Å². The molecule has 1 amide bonds. The van der Waals surface area contributed by atoms with Crippen molar-refractivity contribution >= 4 is 34.8 Å². The van der Waals surface area contributed by atoms with Crippen molar-refractivity contribution in [1.82, 2.24) is 0 Å². The third-order valence-electron chi connectivity index (χ3n) is 3.19. The molecule has 0 fully saturated rings. The highest BCUT2D eigenvalue weighted by Gasteiger charge is 2.10. The maximum absolute atomic E-state index is 12.0. The maximum atomic E-state index is 12.0. The lowest BCUT2D eigenvalue weighted by Crippen LogP contribution is -2.21. The van der Waals surface area contributed by atoms with E-state index in [1.165, 1.54) is 0 Å². The van der Waals surface area contributed by atoms with Gasteiger partial charge in [-0.3, -0.25) is 4.79 Å². The Morgan fingerprint density at radius 3 is 2.32 bits per heavy atom. The Morgan fingerprint density at radius 1 is 1.09 bits per heavy atom. The topological polar surface area (TPSA) is 38.3 Å². The van der Waals surface area contributed by atoms with Crippen LogP contribution in [0.25, 0.3) is 0 Å². The van der Waals surface area contributed by atoms with Crippen molar-refractivity contribution < 1.29 is 9.53 Å². The van der Waals surface area contributed by atoms with Gasteiger partial charge in [-0.2, -0.15) is 0 Å². The Kier molecular flexibility index (Phi) is 5.33.